The number of ether oxygens (including phenoxy) is 1. The number of ketones is 1. The van der Waals surface area contributed by atoms with Gasteiger partial charge in [-0.3, -0.25) is 4.79 Å². The minimum absolute atomic E-state index is 0.0992. The molecule has 0 unspecified atom stereocenters. The Morgan fingerprint density at radius 3 is 2.57 bits per heavy atom. The smallest absolute Gasteiger partial charge is 0.134 e. The number of carbonyl (C=O) groups is 1. The standard InChI is InChI=1S/C17H14FNO2/c1-12(20)8-13-2-6-17(7-3-13)21-11-15-9-16(18)5-4-14(15)10-19/h2-7,9H,8,11H2,1H3. The van der Waals surface area contributed by atoms with E-state index in [2.05, 4.69) is 0 Å². The molecule has 0 aliphatic carbocycles. The Balaban J connectivity index is 2.05. The van der Waals surface area contributed by atoms with Crippen molar-refractivity contribution in [1.29, 1.82) is 5.26 Å². The van der Waals surface area contributed by atoms with E-state index < -0.39 is 5.82 Å². The maximum absolute atomic E-state index is 13.2. The van der Waals surface area contributed by atoms with Gasteiger partial charge in [-0.25, -0.2) is 4.39 Å². The van der Waals surface area contributed by atoms with Crippen molar-refractivity contribution in [2.45, 2.75) is 20.0 Å². The van der Waals surface area contributed by atoms with Crippen LogP contribution in [0.4, 0.5) is 4.39 Å². The summed E-state index contributed by atoms with van der Waals surface area (Å²) in [7, 11) is 0. The highest BCUT2D eigenvalue weighted by atomic mass is 19.1. The summed E-state index contributed by atoms with van der Waals surface area (Å²) >= 11 is 0. The van der Waals surface area contributed by atoms with Gasteiger partial charge in [-0.1, -0.05) is 12.1 Å². The van der Waals surface area contributed by atoms with Gasteiger partial charge in [0, 0.05) is 12.0 Å². The van der Waals surface area contributed by atoms with Crippen LogP contribution in [0.1, 0.15) is 23.6 Å². The zero-order valence-electron chi connectivity index (χ0n) is 11.6. The molecule has 0 radical (unpaired) electrons. The minimum Gasteiger partial charge on any atom is -0.489 e. The summed E-state index contributed by atoms with van der Waals surface area (Å²) in [5.74, 6) is 0.307. The van der Waals surface area contributed by atoms with Crippen LogP contribution in [0.15, 0.2) is 42.5 Å². The molecule has 0 saturated carbocycles. The number of hydrogen-bond acceptors (Lipinski definition) is 3. The van der Waals surface area contributed by atoms with E-state index in [4.69, 9.17) is 10.00 Å². The molecule has 2 rings (SSSR count). The molecule has 0 amide bonds. The topological polar surface area (TPSA) is 50.1 Å². The highest BCUT2D eigenvalue weighted by Gasteiger charge is 2.05. The number of carbonyl (C=O) groups excluding carboxylic acids is 1. The van der Waals surface area contributed by atoms with E-state index in [0.717, 1.165) is 5.56 Å². The lowest BCUT2D eigenvalue weighted by atomic mass is 10.1. The highest BCUT2D eigenvalue weighted by Crippen LogP contribution is 2.17. The van der Waals surface area contributed by atoms with Crippen LogP contribution in [-0.2, 0) is 17.8 Å². The van der Waals surface area contributed by atoms with Gasteiger partial charge in [-0.2, -0.15) is 5.26 Å². The van der Waals surface area contributed by atoms with Crippen molar-refractivity contribution in [3.05, 3.63) is 65.0 Å². The molecule has 0 atom stereocenters. The molecular formula is C17H14FNO2. The average molecular weight is 283 g/mol. The molecule has 106 valence electrons. The Bertz CT molecular complexity index is 687. The molecule has 0 N–H and O–H groups in total. The Labute approximate surface area is 122 Å². The lowest BCUT2D eigenvalue weighted by molar-refractivity contribution is -0.116. The number of nitriles is 1. The molecule has 2 aromatic carbocycles. The molecule has 0 saturated heterocycles. The molecule has 0 bridgehead atoms. The molecule has 0 aliphatic rings. The monoisotopic (exact) mass is 283 g/mol. The lowest BCUT2D eigenvalue weighted by Gasteiger charge is -2.08. The van der Waals surface area contributed by atoms with Gasteiger partial charge in [0.15, 0.2) is 0 Å². The van der Waals surface area contributed by atoms with E-state index in [0.29, 0.717) is 23.3 Å². The third-order valence-electron chi connectivity index (χ3n) is 2.96. The van der Waals surface area contributed by atoms with Crippen LogP contribution in [0.3, 0.4) is 0 Å². The number of Topliss-reactive ketones (excluding diaryl/α,β-unsaturated/α-hetero) is 1. The molecule has 0 aliphatic heterocycles. The number of nitrogens with zero attached hydrogens (tertiary/aromatic N) is 1. The normalized spacial score (nSPS) is 9.95. The second kappa shape index (κ2) is 6.67. The van der Waals surface area contributed by atoms with Crippen LogP contribution in [0, 0.1) is 17.1 Å². The summed E-state index contributed by atoms with van der Waals surface area (Å²) in [5.41, 5.74) is 1.81. The van der Waals surface area contributed by atoms with Gasteiger partial charge in [-0.15, -0.1) is 0 Å². The van der Waals surface area contributed by atoms with Crippen LogP contribution in [0.25, 0.3) is 0 Å². The van der Waals surface area contributed by atoms with Gasteiger partial charge in [0.2, 0.25) is 0 Å². The quantitative estimate of drug-likeness (QED) is 0.845. The van der Waals surface area contributed by atoms with Gasteiger partial charge in [-0.05, 0) is 42.8 Å². The van der Waals surface area contributed by atoms with E-state index in [1.807, 2.05) is 18.2 Å². The first-order chi connectivity index (χ1) is 10.1. The summed E-state index contributed by atoms with van der Waals surface area (Å²) in [4.78, 5) is 11.0. The SMILES string of the molecule is CC(=O)Cc1ccc(OCc2cc(F)ccc2C#N)cc1. The molecule has 0 fully saturated rings. The first-order valence-corrected chi connectivity index (χ1v) is 6.48. The zero-order valence-corrected chi connectivity index (χ0v) is 11.6. The first kappa shape index (κ1) is 14.7. The fraction of sp³-hybridized carbons (Fsp3) is 0.176. The largest absolute Gasteiger partial charge is 0.489 e. The maximum Gasteiger partial charge on any atom is 0.134 e. The highest BCUT2D eigenvalue weighted by molar-refractivity contribution is 5.78. The van der Waals surface area contributed by atoms with Crippen LogP contribution < -0.4 is 4.74 Å². The maximum atomic E-state index is 13.2. The van der Waals surface area contributed by atoms with E-state index in [-0.39, 0.29) is 12.4 Å². The van der Waals surface area contributed by atoms with E-state index in [1.54, 1.807) is 12.1 Å². The second-order valence-corrected chi connectivity index (χ2v) is 4.72. The van der Waals surface area contributed by atoms with Gasteiger partial charge in [0.1, 0.15) is 24.0 Å². The molecule has 2 aromatic rings. The zero-order chi connectivity index (χ0) is 15.2. The predicted octanol–water partition coefficient (Wildman–Crippen LogP) is 3.41. The van der Waals surface area contributed by atoms with Gasteiger partial charge in [0.05, 0.1) is 11.6 Å². The van der Waals surface area contributed by atoms with Crippen molar-refractivity contribution in [2.75, 3.05) is 0 Å². The Morgan fingerprint density at radius 2 is 1.95 bits per heavy atom. The molecule has 0 aromatic heterocycles. The molecule has 4 heteroatoms. The summed E-state index contributed by atoms with van der Waals surface area (Å²) < 4.78 is 18.7. The summed E-state index contributed by atoms with van der Waals surface area (Å²) in [5, 5.41) is 8.97. The fourth-order valence-corrected chi connectivity index (χ4v) is 1.94. The molecule has 21 heavy (non-hydrogen) atoms. The van der Waals surface area contributed by atoms with E-state index >= 15 is 0 Å². The average Bonchev–Trinajstić information content (AvgIpc) is 2.46. The summed E-state index contributed by atoms with van der Waals surface area (Å²) in [6, 6.07) is 13.1. The Hall–Kier alpha value is -2.67. The van der Waals surface area contributed by atoms with Crippen molar-refractivity contribution in [3.8, 4) is 11.8 Å². The molecule has 0 heterocycles. The second-order valence-electron chi connectivity index (χ2n) is 4.72. The molecule has 3 nitrogen and oxygen atoms in total. The van der Waals surface area contributed by atoms with Crippen LogP contribution in [0.2, 0.25) is 0 Å². The number of rotatable bonds is 5. The summed E-state index contributed by atoms with van der Waals surface area (Å²) in [6.45, 7) is 1.66. The third kappa shape index (κ3) is 4.15. The van der Waals surface area contributed by atoms with Gasteiger partial charge < -0.3 is 4.74 Å². The first-order valence-electron chi connectivity index (χ1n) is 6.48. The molecular weight excluding hydrogens is 269 g/mol. The third-order valence-corrected chi connectivity index (χ3v) is 2.96. The minimum atomic E-state index is -0.399. The number of hydrogen-bond donors (Lipinski definition) is 0. The Kier molecular flexibility index (Phi) is 4.68. The predicted molar refractivity (Wildman–Crippen MR) is 76.3 cm³/mol. The van der Waals surface area contributed by atoms with Crippen LogP contribution >= 0.6 is 0 Å². The lowest BCUT2D eigenvalue weighted by Crippen LogP contribution is -2.00. The number of benzene rings is 2. The van der Waals surface area contributed by atoms with Crippen molar-refractivity contribution in [1.82, 2.24) is 0 Å². The summed E-state index contributed by atoms with van der Waals surface area (Å²) in [6.07, 6.45) is 0.392. The van der Waals surface area contributed by atoms with Gasteiger partial charge >= 0.3 is 0 Å². The number of halogens is 1. The van der Waals surface area contributed by atoms with Crippen molar-refractivity contribution >= 4 is 5.78 Å². The van der Waals surface area contributed by atoms with Crippen molar-refractivity contribution in [2.24, 2.45) is 0 Å². The van der Waals surface area contributed by atoms with E-state index in [1.165, 1.54) is 25.1 Å². The van der Waals surface area contributed by atoms with Gasteiger partial charge in [0.25, 0.3) is 0 Å². The van der Waals surface area contributed by atoms with Crippen LogP contribution in [0.5, 0.6) is 5.75 Å². The van der Waals surface area contributed by atoms with Crippen LogP contribution in [-0.4, -0.2) is 5.78 Å². The van der Waals surface area contributed by atoms with Crippen molar-refractivity contribution in [3.63, 3.8) is 0 Å². The van der Waals surface area contributed by atoms with Crippen molar-refractivity contribution < 1.29 is 13.9 Å². The van der Waals surface area contributed by atoms with E-state index in [9.17, 15) is 9.18 Å². The Morgan fingerprint density at radius 1 is 1.24 bits per heavy atom. The fourth-order valence-electron chi connectivity index (χ4n) is 1.94. The molecule has 0 spiro atoms.